The van der Waals surface area contributed by atoms with Crippen molar-refractivity contribution in [1.82, 2.24) is 5.32 Å². The molecular formula is C18H18ClNO5. The molecule has 7 heteroatoms. The van der Waals surface area contributed by atoms with E-state index in [1.54, 1.807) is 36.4 Å². The minimum Gasteiger partial charge on any atom is -0.493 e. The number of hydrogen-bond donors (Lipinski definition) is 2. The number of hydrogen-bond acceptors (Lipinski definition) is 4. The van der Waals surface area contributed by atoms with E-state index >= 15 is 0 Å². The number of carboxylic acids is 1. The number of carbonyl (C=O) groups is 2. The molecule has 0 bridgehead atoms. The van der Waals surface area contributed by atoms with Crippen molar-refractivity contribution in [1.29, 1.82) is 0 Å². The zero-order valence-electron chi connectivity index (χ0n) is 13.8. The van der Waals surface area contributed by atoms with Crippen LogP contribution in [0, 0.1) is 0 Å². The number of benzene rings is 2. The summed E-state index contributed by atoms with van der Waals surface area (Å²) in [6, 6.07) is 10.7. The Balaban J connectivity index is 2.30. The molecule has 0 aliphatic rings. The lowest BCUT2D eigenvalue weighted by Gasteiger charge is -2.19. The van der Waals surface area contributed by atoms with Gasteiger partial charge in [0, 0.05) is 10.6 Å². The Kier molecular flexibility index (Phi) is 6.25. The number of halogens is 1. The van der Waals surface area contributed by atoms with E-state index in [9.17, 15) is 14.7 Å². The molecule has 1 atom stereocenters. The SMILES string of the molecule is COc1ccc(C(CC(=O)O)NC(=O)c2cccc(Cl)c2)cc1OC. The normalized spacial score (nSPS) is 11.5. The quantitative estimate of drug-likeness (QED) is 0.788. The minimum atomic E-state index is -1.04. The van der Waals surface area contributed by atoms with Gasteiger partial charge in [0.1, 0.15) is 0 Å². The highest BCUT2D eigenvalue weighted by atomic mass is 35.5. The number of amides is 1. The average Bonchev–Trinajstić information content (AvgIpc) is 2.60. The Bertz CT molecular complexity index is 778. The first kappa shape index (κ1) is 18.6. The fourth-order valence-electron chi connectivity index (χ4n) is 2.37. The van der Waals surface area contributed by atoms with Crippen molar-refractivity contribution in [2.24, 2.45) is 0 Å². The van der Waals surface area contributed by atoms with Crippen molar-refractivity contribution < 1.29 is 24.2 Å². The lowest BCUT2D eigenvalue weighted by atomic mass is 10.0. The first-order valence-electron chi connectivity index (χ1n) is 7.44. The summed E-state index contributed by atoms with van der Waals surface area (Å²) >= 11 is 5.90. The van der Waals surface area contributed by atoms with Gasteiger partial charge in [-0.3, -0.25) is 9.59 Å². The summed E-state index contributed by atoms with van der Waals surface area (Å²) < 4.78 is 10.4. The van der Waals surface area contributed by atoms with Gasteiger partial charge >= 0.3 is 5.97 Å². The third kappa shape index (κ3) is 4.87. The summed E-state index contributed by atoms with van der Waals surface area (Å²) in [5.41, 5.74) is 0.943. The van der Waals surface area contributed by atoms with Crippen LogP contribution in [0.2, 0.25) is 5.02 Å². The number of nitrogens with one attached hydrogen (secondary N) is 1. The monoisotopic (exact) mass is 363 g/mol. The largest absolute Gasteiger partial charge is 0.493 e. The first-order valence-corrected chi connectivity index (χ1v) is 7.82. The number of methoxy groups -OCH3 is 2. The van der Waals surface area contributed by atoms with Crippen LogP contribution in [-0.4, -0.2) is 31.2 Å². The predicted molar refractivity (Wildman–Crippen MR) is 93.5 cm³/mol. The molecule has 0 spiro atoms. The zero-order valence-corrected chi connectivity index (χ0v) is 14.5. The fraction of sp³-hybridized carbons (Fsp3) is 0.222. The highest BCUT2D eigenvalue weighted by molar-refractivity contribution is 6.30. The zero-order chi connectivity index (χ0) is 18.4. The van der Waals surface area contributed by atoms with Gasteiger partial charge in [0.15, 0.2) is 11.5 Å². The molecule has 132 valence electrons. The number of aliphatic carboxylic acids is 1. The van der Waals surface area contributed by atoms with E-state index in [1.165, 1.54) is 20.3 Å². The molecular weight excluding hydrogens is 346 g/mol. The van der Waals surface area contributed by atoms with Crippen LogP contribution >= 0.6 is 11.6 Å². The third-order valence-corrected chi connectivity index (χ3v) is 3.82. The summed E-state index contributed by atoms with van der Waals surface area (Å²) in [5.74, 6) is -0.483. The van der Waals surface area contributed by atoms with Gasteiger partial charge in [0.25, 0.3) is 5.91 Å². The lowest BCUT2D eigenvalue weighted by Crippen LogP contribution is -2.30. The van der Waals surface area contributed by atoms with Crippen LogP contribution in [0.4, 0.5) is 0 Å². The second-order valence-electron chi connectivity index (χ2n) is 5.25. The van der Waals surface area contributed by atoms with Gasteiger partial charge in [0.2, 0.25) is 0 Å². The van der Waals surface area contributed by atoms with E-state index in [0.717, 1.165) is 0 Å². The Hall–Kier alpha value is -2.73. The molecule has 0 radical (unpaired) electrons. The summed E-state index contributed by atoms with van der Waals surface area (Å²) in [6.45, 7) is 0. The standard InChI is InChI=1S/C18H18ClNO5/c1-24-15-7-6-11(9-16(15)25-2)14(10-17(21)22)20-18(23)12-4-3-5-13(19)8-12/h3-9,14H,10H2,1-2H3,(H,20,23)(H,21,22). The van der Waals surface area contributed by atoms with Crippen LogP contribution in [0.25, 0.3) is 0 Å². The van der Waals surface area contributed by atoms with Crippen molar-refractivity contribution in [2.75, 3.05) is 14.2 Å². The minimum absolute atomic E-state index is 0.276. The summed E-state index contributed by atoms with van der Waals surface area (Å²) in [5, 5.41) is 12.3. The van der Waals surface area contributed by atoms with E-state index in [0.29, 0.717) is 27.6 Å². The Morgan fingerprint density at radius 1 is 1.12 bits per heavy atom. The molecule has 1 amide bonds. The number of ether oxygens (including phenoxy) is 2. The molecule has 2 N–H and O–H groups in total. The second-order valence-corrected chi connectivity index (χ2v) is 5.69. The second kappa shape index (κ2) is 8.39. The van der Waals surface area contributed by atoms with Gasteiger partial charge in [-0.1, -0.05) is 23.7 Å². The summed E-state index contributed by atoms with van der Waals surface area (Å²) in [7, 11) is 2.99. The van der Waals surface area contributed by atoms with Gasteiger partial charge in [-0.05, 0) is 35.9 Å². The van der Waals surface area contributed by atoms with Crippen molar-refractivity contribution in [3.63, 3.8) is 0 Å². The van der Waals surface area contributed by atoms with E-state index in [-0.39, 0.29) is 6.42 Å². The van der Waals surface area contributed by atoms with Crippen LogP contribution < -0.4 is 14.8 Å². The highest BCUT2D eigenvalue weighted by Crippen LogP contribution is 2.31. The van der Waals surface area contributed by atoms with Crippen molar-refractivity contribution >= 4 is 23.5 Å². The molecule has 0 saturated heterocycles. The first-order chi connectivity index (χ1) is 11.9. The lowest BCUT2D eigenvalue weighted by molar-refractivity contribution is -0.137. The van der Waals surface area contributed by atoms with Gasteiger partial charge in [0.05, 0.1) is 26.7 Å². The van der Waals surface area contributed by atoms with Gasteiger partial charge in [-0.15, -0.1) is 0 Å². The molecule has 25 heavy (non-hydrogen) atoms. The molecule has 0 heterocycles. The van der Waals surface area contributed by atoms with Crippen LogP contribution in [0.15, 0.2) is 42.5 Å². The topological polar surface area (TPSA) is 84.9 Å². The van der Waals surface area contributed by atoms with E-state index in [1.807, 2.05) is 0 Å². The molecule has 6 nitrogen and oxygen atoms in total. The molecule has 0 saturated carbocycles. The maximum atomic E-state index is 12.4. The Labute approximate surface area is 150 Å². The maximum absolute atomic E-state index is 12.4. The van der Waals surface area contributed by atoms with Crippen LogP contribution in [0.1, 0.15) is 28.4 Å². The molecule has 1 unspecified atom stereocenters. The molecule has 0 aliphatic carbocycles. The van der Waals surface area contributed by atoms with Crippen LogP contribution in [0.3, 0.4) is 0 Å². The van der Waals surface area contributed by atoms with Gasteiger partial charge in [-0.2, -0.15) is 0 Å². The maximum Gasteiger partial charge on any atom is 0.305 e. The van der Waals surface area contributed by atoms with Gasteiger partial charge < -0.3 is 19.9 Å². The Morgan fingerprint density at radius 2 is 1.84 bits per heavy atom. The van der Waals surface area contributed by atoms with Crippen molar-refractivity contribution in [2.45, 2.75) is 12.5 Å². The average molecular weight is 364 g/mol. The smallest absolute Gasteiger partial charge is 0.305 e. The molecule has 0 fully saturated rings. The van der Waals surface area contributed by atoms with Crippen molar-refractivity contribution in [3.05, 3.63) is 58.6 Å². The fourth-order valence-corrected chi connectivity index (χ4v) is 2.56. The molecule has 2 aromatic carbocycles. The van der Waals surface area contributed by atoms with Crippen LogP contribution in [0.5, 0.6) is 11.5 Å². The van der Waals surface area contributed by atoms with E-state index < -0.39 is 17.9 Å². The predicted octanol–water partition coefficient (Wildman–Crippen LogP) is 3.30. The molecule has 0 aliphatic heterocycles. The van der Waals surface area contributed by atoms with Crippen molar-refractivity contribution in [3.8, 4) is 11.5 Å². The third-order valence-electron chi connectivity index (χ3n) is 3.58. The molecule has 2 aromatic rings. The summed E-state index contributed by atoms with van der Waals surface area (Å²) in [6.07, 6.45) is -0.276. The van der Waals surface area contributed by atoms with E-state index in [4.69, 9.17) is 21.1 Å². The van der Waals surface area contributed by atoms with Crippen LogP contribution in [-0.2, 0) is 4.79 Å². The number of carboxylic acid groups (broad SMARTS) is 1. The molecule has 2 rings (SSSR count). The molecule has 0 aromatic heterocycles. The van der Waals surface area contributed by atoms with E-state index in [2.05, 4.69) is 5.32 Å². The summed E-state index contributed by atoms with van der Waals surface area (Å²) in [4.78, 5) is 23.6. The number of rotatable bonds is 7. The van der Waals surface area contributed by atoms with Gasteiger partial charge in [-0.25, -0.2) is 0 Å². The Morgan fingerprint density at radius 3 is 2.44 bits per heavy atom. The highest BCUT2D eigenvalue weighted by Gasteiger charge is 2.20. The number of carbonyl (C=O) groups excluding carboxylic acids is 1.